The van der Waals surface area contributed by atoms with Gasteiger partial charge in [-0.25, -0.2) is 8.42 Å². The molecule has 3 aromatic rings. The fraction of sp³-hybridized carbons (Fsp3) is 0.385. The summed E-state index contributed by atoms with van der Waals surface area (Å²) in [6.07, 6.45) is 2.65. The number of nitrogens with zero attached hydrogens (tertiary/aromatic N) is 2. The molecule has 11 heteroatoms. The number of carbonyl (C=O) groups is 2. The molecule has 0 aliphatic carbocycles. The fourth-order valence-corrected chi connectivity index (χ4v) is 9.09. The van der Waals surface area contributed by atoms with Gasteiger partial charge in [-0.2, -0.15) is 4.31 Å². The molecule has 0 N–H and O–H groups in total. The molecular weight excluding hydrogens is 555 g/mol. The van der Waals surface area contributed by atoms with E-state index in [-0.39, 0.29) is 38.2 Å². The van der Waals surface area contributed by atoms with Gasteiger partial charge < -0.3 is 9.64 Å². The third-order valence-corrected chi connectivity index (χ3v) is 10.7. The third-order valence-electron chi connectivity index (χ3n) is 7.01. The van der Waals surface area contributed by atoms with Crippen LogP contribution in [0.2, 0.25) is 8.67 Å². The summed E-state index contributed by atoms with van der Waals surface area (Å²) in [5.41, 5.74) is 2.22. The Kier molecular flexibility index (Phi) is 7.64. The molecule has 2 aliphatic heterocycles. The van der Waals surface area contributed by atoms with E-state index in [0.29, 0.717) is 38.0 Å². The number of anilines is 1. The monoisotopic (exact) mass is 580 g/mol. The average molecular weight is 582 g/mol. The lowest BCUT2D eigenvalue weighted by Gasteiger charge is -2.33. The summed E-state index contributed by atoms with van der Waals surface area (Å²) in [6, 6.07) is 9.86. The third kappa shape index (κ3) is 4.82. The molecule has 1 unspecified atom stereocenters. The van der Waals surface area contributed by atoms with Crippen molar-refractivity contribution in [3.63, 3.8) is 0 Å². The zero-order valence-corrected chi connectivity index (χ0v) is 23.4. The van der Waals surface area contributed by atoms with E-state index in [9.17, 15) is 18.0 Å². The minimum Gasteiger partial charge on any atom is -0.385 e. The SMILES string of the molecule is COCCCN1C(=O)c2cccc3c(CC(=O)C4CCCCN4S(=O)(=O)c4cc(Cl)sc4Cl)ccc1c23. The van der Waals surface area contributed by atoms with E-state index in [4.69, 9.17) is 27.9 Å². The predicted octanol–water partition coefficient (Wildman–Crippen LogP) is 5.56. The minimum absolute atomic E-state index is 0.0544. The number of hydrogen-bond acceptors (Lipinski definition) is 6. The van der Waals surface area contributed by atoms with Crippen LogP contribution in [0.5, 0.6) is 0 Å². The molecule has 3 heterocycles. The number of thiophene rings is 1. The van der Waals surface area contributed by atoms with Crippen LogP contribution in [-0.2, 0) is 26.0 Å². The molecule has 2 aromatic carbocycles. The molecule has 1 saturated heterocycles. The van der Waals surface area contributed by atoms with Crippen molar-refractivity contribution in [2.45, 2.75) is 43.0 Å². The van der Waals surface area contributed by atoms with Crippen LogP contribution in [0.3, 0.4) is 0 Å². The van der Waals surface area contributed by atoms with Gasteiger partial charge in [-0.05, 0) is 48.4 Å². The molecule has 1 fully saturated rings. The Morgan fingerprint density at radius 2 is 2.00 bits per heavy atom. The number of ketones is 1. The van der Waals surface area contributed by atoms with Crippen LogP contribution in [0.15, 0.2) is 41.3 Å². The van der Waals surface area contributed by atoms with Crippen molar-refractivity contribution in [1.82, 2.24) is 4.31 Å². The summed E-state index contributed by atoms with van der Waals surface area (Å²) < 4.78 is 33.7. The van der Waals surface area contributed by atoms with Gasteiger partial charge in [-0.3, -0.25) is 9.59 Å². The largest absolute Gasteiger partial charge is 0.385 e. The molecule has 37 heavy (non-hydrogen) atoms. The highest BCUT2D eigenvalue weighted by atomic mass is 35.5. The topological polar surface area (TPSA) is 84.0 Å². The van der Waals surface area contributed by atoms with Gasteiger partial charge in [0.1, 0.15) is 9.23 Å². The van der Waals surface area contributed by atoms with Crippen LogP contribution < -0.4 is 4.90 Å². The van der Waals surface area contributed by atoms with E-state index in [1.165, 1.54) is 10.4 Å². The highest BCUT2D eigenvalue weighted by molar-refractivity contribution is 7.89. The van der Waals surface area contributed by atoms with E-state index in [1.807, 2.05) is 24.3 Å². The molecule has 0 spiro atoms. The lowest BCUT2D eigenvalue weighted by molar-refractivity contribution is -0.122. The van der Waals surface area contributed by atoms with Gasteiger partial charge in [-0.1, -0.05) is 47.8 Å². The molecule has 0 radical (unpaired) electrons. The first-order valence-electron chi connectivity index (χ1n) is 12.1. The van der Waals surface area contributed by atoms with Crippen LogP contribution in [0, 0.1) is 0 Å². The number of rotatable bonds is 9. The van der Waals surface area contributed by atoms with Crippen LogP contribution >= 0.6 is 34.5 Å². The Morgan fingerprint density at radius 3 is 2.73 bits per heavy atom. The first kappa shape index (κ1) is 26.6. The minimum atomic E-state index is -3.99. The molecular formula is C26H26Cl2N2O5S2. The smallest absolute Gasteiger partial charge is 0.258 e. The van der Waals surface area contributed by atoms with Crippen molar-refractivity contribution in [3.8, 4) is 0 Å². The molecule has 5 rings (SSSR count). The van der Waals surface area contributed by atoms with Crippen LogP contribution in [0.25, 0.3) is 10.8 Å². The predicted molar refractivity (Wildman–Crippen MR) is 147 cm³/mol. The van der Waals surface area contributed by atoms with E-state index < -0.39 is 16.1 Å². The molecule has 0 bridgehead atoms. The van der Waals surface area contributed by atoms with Gasteiger partial charge in [-0.15, -0.1) is 11.3 Å². The second kappa shape index (κ2) is 10.6. The zero-order valence-electron chi connectivity index (χ0n) is 20.2. The molecule has 0 saturated carbocycles. The number of carbonyl (C=O) groups excluding carboxylic acids is 2. The average Bonchev–Trinajstić information content (AvgIpc) is 3.38. The first-order chi connectivity index (χ1) is 17.7. The first-order valence-corrected chi connectivity index (χ1v) is 15.1. The number of Topliss-reactive ketones (excluding diaryl/α,β-unsaturated/α-hetero) is 1. The summed E-state index contributed by atoms with van der Waals surface area (Å²) in [7, 11) is -2.35. The Morgan fingerprint density at radius 1 is 1.19 bits per heavy atom. The normalized spacial score (nSPS) is 18.2. The Labute approximate surface area is 230 Å². The quantitative estimate of drug-likeness (QED) is 0.309. The van der Waals surface area contributed by atoms with Gasteiger partial charge in [0.2, 0.25) is 10.0 Å². The maximum Gasteiger partial charge on any atom is 0.258 e. The van der Waals surface area contributed by atoms with Gasteiger partial charge in [0.25, 0.3) is 5.91 Å². The standard InChI is InChI=1S/C26H26Cl2N2O5S2/c1-35-13-5-11-29-20-10-9-16(17-6-4-7-18(24(17)20)26(29)32)14-21(31)19-8-2-3-12-30(19)37(33,34)22-15-23(27)36-25(22)28/h4,6-7,9-10,15,19H,2-3,5,8,11-14H2,1H3. The molecule has 196 valence electrons. The van der Waals surface area contributed by atoms with Crippen molar-refractivity contribution in [3.05, 3.63) is 56.2 Å². The number of hydrogen-bond donors (Lipinski definition) is 0. The van der Waals surface area contributed by atoms with Gasteiger partial charge in [0, 0.05) is 44.2 Å². The maximum atomic E-state index is 13.6. The summed E-state index contributed by atoms with van der Waals surface area (Å²) >= 11 is 13.2. The number of piperidine rings is 1. The van der Waals surface area contributed by atoms with Gasteiger partial charge in [0.15, 0.2) is 5.78 Å². The molecule has 7 nitrogen and oxygen atoms in total. The highest BCUT2D eigenvalue weighted by Gasteiger charge is 2.39. The summed E-state index contributed by atoms with van der Waals surface area (Å²) in [5.74, 6) is -0.237. The zero-order chi connectivity index (χ0) is 26.3. The summed E-state index contributed by atoms with van der Waals surface area (Å²) in [5, 5.41) is 1.67. The van der Waals surface area contributed by atoms with Crippen molar-refractivity contribution in [2.75, 3.05) is 31.7 Å². The second-order valence-corrected chi connectivity index (χ2v) is 13.4. The van der Waals surface area contributed by atoms with E-state index in [2.05, 4.69) is 0 Å². The molecule has 1 aromatic heterocycles. The number of benzene rings is 2. The van der Waals surface area contributed by atoms with Crippen molar-refractivity contribution in [2.24, 2.45) is 0 Å². The molecule has 2 aliphatic rings. The fourth-order valence-electron chi connectivity index (χ4n) is 5.30. The lowest BCUT2D eigenvalue weighted by atomic mass is 9.93. The second-order valence-electron chi connectivity index (χ2n) is 9.23. The Balaban J connectivity index is 1.45. The van der Waals surface area contributed by atoms with Crippen LogP contribution in [0.1, 0.15) is 41.6 Å². The summed E-state index contributed by atoms with van der Waals surface area (Å²) in [6.45, 7) is 1.34. The van der Waals surface area contributed by atoms with Crippen molar-refractivity contribution < 1.29 is 22.7 Å². The Hall–Kier alpha value is -2.01. The molecule has 1 amide bonds. The van der Waals surface area contributed by atoms with Gasteiger partial charge in [0.05, 0.1) is 16.1 Å². The lowest BCUT2D eigenvalue weighted by Crippen LogP contribution is -2.48. The number of sulfonamides is 1. The maximum absolute atomic E-state index is 13.6. The van der Waals surface area contributed by atoms with Crippen molar-refractivity contribution in [1.29, 1.82) is 0 Å². The number of methoxy groups -OCH3 is 1. The Bertz CT molecular complexity index is 1490. The molecule has 1 atom stereocenters. The van der Waals surface area contributed by atoms with Gasteiger partial charge >= 0.3 is 0 Å². The number of ether oxygens (including phenoxy) is 1. The number of amides is 1. The highest BCUT2D eigenvalue weighted by Crippen LogP contribution is 2.40. The van der Waals surface area contributed by atoms with E-state index in [1.54, 1.807) is 18.1 Å². The van der Waals surface area contributed by atoms with E-state index in [0.717, 1.165) is 39.8 Å². The summed E-state index contributed by atoms with van der Waals surface area (Å²) in [4.78, 5) is 28.4. The van der Waals surface area contributed by atoms with Crippen molar-refractivity contribution >= 4 is 72.7 Å². The van der Waals surface area contributed by atoms with E-state index >= 15 is 0 Å². The number of halogens is 2. The van der Waals surface area contributed by atoms with Crippen LogP contribution in [0.4, 0.5) is 5.69 Å². The van der Waals surface area contributed by atoms with Crippen LogP contribution in [-0.4, -0.2) is 57.3 Å².